The lowest BCUT2D eigenvalue weighted by atomic mass is 10.1. The summed E-state index contributed by atoms with van der Waals surface area (Å²) in [6.07, 6.45) is 3.24. The van der Waals surface area contributed by atoms with E-state index in [-0.39, 0.29) is 0 Å². The summed E-state index contributed by atoms with van der Waals surface area (Å²) in [5.41, 5.74) is 9.25. The molecule has 0 unspecified atom stereocenters. The molecular weight excluding hydrogens is 320 g/mol. The van der Waals surface area contributed by atoms with Gasteiger partial charge in [-0.3, -0.25) is 0 Å². The summed E-state index contributed by atoms with van der Waals surface area (Å²) in [7, 11) is 1.94. The number of nitriles is 1. The summed E-state index contributed by atoms with van der Waals surface area (Å²) in [6.45, 7) is 0. The predicted octanol–water partition coefficient (Wildman–Crippen LogP) is 3.21. The maximum atomic E-state index is 9.12. The first-order valence-corrected chi connectivity index (χ1v) is 8.01. The van der Waals surface area contributed by atoms with Crippen molar-refractivity contribution in [2.75, 3.05) is 5.73 Å². The summed E-state index contributed by atoms with van der Waals surface area (Å²) in [5.74, 6) is 0.470. The highest BCUT2D eigenvalue weighted by atomic mass is 32.1. The quantitative estimate of drug-likeness (QED) is 0.608. The van der Waals surface area contributed by atoms with Gasteiger partial charge in [0.1, 0.15) is 17.0 Å². The van der Waals surface area contributed by atoms with Crippen LogP contribution in [0, 0.1) is 11.3 Å². The number of thiophene rings is 1. The van der Waals surface area contributed by atoms with E-state index < -0.39 is 0 Å². The third-order valence-electron chi connectivity index (χ3n) is 3.80. The molecule has 0 bridgehead atoms. The number of nitrogen functional groups attached to an aromatic ring is 1. The van der Waals surface area contributed by atoms with Crippen molar-refractivity contribution in [2.45, 2.75) is 0 Å². The Labute approximate surface area is 141 Å². The van der Waals surface area contributed by atoms with Gasteiger partial charge in [-0.1, -0.05) is 12.1 Å². The van der Waals surface area contributed by atoms with Gasteiger partial charge in [-0.15, -0.1) is 11.3 Å². The highest BCUT2D eigenvalue weighted by Crippen LogP contribution is 2.38. The summed E-state index contributed by atoms with van der Waals surface area (Å²) >= 11 is 1.55. The molecule has 0 aliphatic rings. The Morgan fingerprint density at radius 3 is 2.88 bits per heavy atom. The lowest BCUT2D eigenvalue weighted by Crippen LogP contribution is -1.90. The van der Waals surface area contributed by atoms with Crippen LogP contribution in [0.1, 0.15) is 5.56 Å². The largest absolute Gasteiger partial charge is 0.383 e. The van der Waals surface area contributed by atoms with E-state index in [1.807, 2.05) is 35.9 Å². The van der Waals surface area contributed by atoms with Gasteiger partial charge < -0.3 is 10.3 Å². The zero-order valence-electron chi connectivity index (χ0n) is 12.8. The molecule has 3 heterocycles. The van der Waals surface area contributed by atoms with Crippen molar-refractivity contribution in [3.63, 3.8) is 0 Å². The second kappa shape index (κ2) is 5.44. The molecule has 0 spiro atoms. The maximum Gasteiger partial charge on any atom is 0.135 e. The number of benzene rings is 1. The average Bonchev–Trinajstić information content (AvgIpc) is 3.19. The lowest BCUT2D eigenvalue weighted by Gasteiger charge is -2.04. The molecule has 1 aromatic carbocycles. The molecule has 6 nitrogen and oxygen atoms in total. The van der Waals surface area contributed by atoms with Gasteiger partial charge in [0.05, 0.1) is 39.6 Å². The molecule has 4 aromatic rings. The molecule has 0 atom stereocenters. The smallest absolute Gasteiger partial charge is 0.135 e. The van der Waals surface area contributed by atoms with Crippen molar-refractivity contribution in [2.24, 2.45) is 7.05 Å². The summed E-state index contributed by atoms with van der Waals surface area (Å²) in [4.78, 5) is 14.7. The number of nitrogens with two attached hydrogens (primary N) is 1. The summed E-state index contributed by atoms with van der Waals surface area (Å²) in [6, 6.07) is 11.6. The van der Waals surface area contributed by atoms with Crippen molar-refractivity contribution in [1.82, 2.24) is 19.5 Å². The van der Waals surface area contributed by atoms with Gasteiger partial charge >= 0.3 is 0 Å². The number of hydrogen-bond acceptors (Lipinski definition) is 6. The third kappa shape index (κ3) is 2.21. The van der Waals surface area contributed by atoms with Gasteiger partial charge in [-0.05, 0) is 18.2 Å². The van der Waals surface area contributed by atoms with Crippen molar-refractivity contribution < 1.29 is 0 Å². The fourth-order valence-electron chi connectivity index (χ4n) is 2.66. The highest BCUT2D eigenvalue weighted by molar-refractivity contribution is 7.21. The van der Waals surface area contributed by atoms with Crippen LogP contribution in [0.4, 0.5) is 5.82 Å². The third-order valence-corrected chi connectivity index (χ3v) is 4.85. The molecule has 2 N–H and O–H groups in total. The van der Waals surface area contributed by atoms with Crippen LogP contribution >= 0.6 is 11.3 Å². The molecule has 0 fully saturated rings. The van der Waals surface area contributed by atoms with Crippen molar-refractivity contribution in [1.29, 1.82) is 5.26 Å². The van der Waals surface area contributed by atoms with E-state index in [1.165, 1.54) is 6.33 Å². The molecule has 0 saturated carbocycles. The highest BCUT2D eigenvalue weighted by Gasteiger charge is 2.17. The number of rotatable bonds is 2. The van der Waals surface area contributed by atoms with Crippen LogP contribution in [0.5, 0.6) is 0 Å². The summed E-state index contributed by atoms with van der Waals surface area (Å²) in [5, 5.41) is 9.97. The first-order chi connectivity index (χ1) is 11.7. The first kappa shape index (κ1) is 14.4. The average molecular weight is 332 g/mol. The van der Waals surface area contributed by atoms with Gasteiger partial charge in [0.15, 0.2) is 0 Å². The van der Waals surface area contributed by atoms with Crippen LogP contribution in [-0.2, 0) is 7.05 Å². The van der Waals surface area contributed by atoms with Gasteiger partial charge in [0.2, 0.25) is 0 Å². The number of hydrogen-bond donors (Lipinski definition) is 1. The predicted molar refractivity (Wildman–Crippen MR) is 94.2 cm³/mol. The van der Waals surface area contributed by atoms with E-state index in [1.54, 1.807) is 23.7 Å². The van der Waals surface area contributed by atoms with Gasteiger partial charge in [-0.2, -0.15) is 5.26 Å². The van der Waals surface area contributed by atoms with Crippen LogP contribution in [0.15, 0.2) is 43.0 Å². The second-order valence-electron chi connectivity index (χ2n) is 5.33. The van der Waals surface area contributed by atoms with Crippen LogP contribution in [-0.4, -0.2) is 19.5 Å². The molecular formula is C17H12N6S. The number of anilines is 1. The van der Waals surface area contributed by atoms with Gasteiger partial charge in [0, 0.05) is 12.6 Å². The zero-order valence-corrected chi connectivity index (χ0v) is 13.6. The number of fused-ring (bicyclic) bond motifs is 1. The molecule has 116 valence electrons. The van der Waals surface area contributed by atoms with Gasteiger partial charge in [0.25, 0.3) is 0 Å². The minimum atomic E-state index is 0.470. The Morgan fingerprint density at radius 1 is 1.21 bits per heavy atom. The normalized spacial score (nSPS) is 10.8. The van der Waals surface area contributed by atoms with E-state index in [2.05, 4.69) is 21.0 Å². The van der Waals surface area contributed by atoms with Crippen LogP contribution in [0.3, 0.4) is 0 Å². The monoisotopic (exact) mass is 332 g/mol. The fourth-order valence-corrected chi connectivity index (χ4v) is 3.75. The Morgan fingerprint density at radius 2 is 2.08 bits per heavy atom. The van der Waals surface area contributed by atoms with E-state index in [0.717, 1.165) is 32.0 Å². The van der Waals surface area contributed by atoms with Crippen molar-refractivity contribution >= 4 is 27.4 Å². The standard InChI is InChI=1S/C17H12N6S/c1-23-9-22-14(11-4-2-3-10(5-11)7-18)15(23)13-6-12-16(19)20-8-21-17(12)24-13/h2-6,8-9H,1H3,(H2,19,20,21). The Bertz CT molecular complexity index is 1100. The van der Waals surface area contributed by atoms with Crippen molar-refractivity contribution in [3.05, 3.63) is 48.5 Å². The van der Waals surface area contributed by atoms with E-state index in [4.69, 9.17) is 11.0 Å². The van der Waals surface area contributed by atoms with E-state index in [0.29, 0.717) is 11.4 Å². The van der Waals surface area contributed by atoms with Crippen LogP contribution in [0.25, 0.3) is 32.0 Å². The molecule has 24 heavy (non-hydrogen) atoms. The van der Waals surface area contributed by atoms with Crippen LogP contribution in [0.2, 0.25) is 0 Å². The molecule has 0 aliphatic heterocycles. The number of nitrogens with zero attached hydrogens (tertiary/aromatic N) is 5. The first-order valence-electron chi connectivity index (χ1n) is 7.19. The molecule has 0 aliphatic carbocycles. The Kier molecular flexibility index (Phi) is 3.25. The second-order valence-corrected chi connectivity index (χ2v) is 6.36. The minimum Gasteiger partial charge on any atom is -0.383 e. The topological polar surface area (TPSA) is 93.4 Å². The Balaban J connectivity index is 1.93. The van der Waals surface area contributed by atoms with Gasteiger partial charge in [-0.25, -0.2) is 15.0 Å². The van der Waals surface area contributed by atoms with Crippen LogP contribution < -0.4 is 5.73 Å². The number of imidazole rings is 1. The SMILES string of the molecule is Cn1cnc(-c2cccc(C#N)c2)c1-c1cc2c(N)ncnc2s1. The molecule has 3 aromatic heterocycles. The Hall–Kier alpha value is -3.24. The molecule has 0 amide bonds. The van der Waals surface area contributed by atoms with E-state index in [9.17, 15) is 0 Å². The zero-order chi connectivity index (χ0) is 16.7. The number of aromatic nitrogens is 4. The summed E-state index contributed by atoms with van der Waals surface area (Å²) < 4.78 is 1.96. The van der Waals surface area contributed by atoms with Crippen molar-refractivity contribution in [3.8, 4) is 27.9 Å². The minimum absolute atomic E-state index is 0.470. The molecule has 0 radical (unpaired) electrons. The lowest BCUT2D eigenvalue weighted by molar-refractivity contribution is 0.923. The van der Waals surface area contributed by atoms with E-state index >= 15 is 0 Å². The molecule has 0 saturated heterocycles. The number of aryl methyl sites for hydroxylation is 1. The fraction of sp³-hybridized carbons (Fsp3) is 0.0588. The molecule has 7 heteroatoms. The maximum absolute atomic E-state index is 9.12. The molecule has 4 rings (SSSR count).